The fourth-order valence-corrected chi connectivity index (χ4v) is 12.6. The van der Waals surface area contributed by atoms with E-state index in [1.54, 1.807) is 0 Å². The first-order valence-electron chi connectivity index (χ1n) is 23.1. The standard InChI is InChI=1S/C57H59BN2O/c1-31(2)34-16-17-41-45(27-34)59(43-29-39-37(26-33(43)4)54(5,6)20-22-56(39,9)10)46-24-32(3)25-47-52(46)58(41)42-18-19-49-51-50-35(14-13-15-48(50)61-49)36-28-38-40(30-44(36)60(47)53(42)51)57(11,12)23-21-55(38,7)8/h13-19,24-31H,20-23H2,1-12H3. The summed E-state index contributed by atoms with van der Waals surface area (Å²) in [6.07, 6.45) is 4.74. The first kappa shape index (κ1) is 37.5. The average molecular weight is 799 g/mol. The highest BCUT2D eigenvalue weighted by Crippen LogP contribution is 2.52. The summed E-state index contributed by atoms with van der Waals surface area (Å²) in [6, 6.07) is 34.2. The van der Waals surface area contributed by atoms with Gasteiger partial charge < -0.3 is 13.9 Å². The van der Waals surface area contributed by atoms with Crippen molar-refractivity contribution in [1.82, 2.24) is 4.57 Å². The normalized spacial score (nSPS) is 18.8. The molecule has 0 N–H and O–H groups in total. The topological polar surface area (TPSA) is 21.3 Å². The molecule has 0 atom stereocenters. The van der Waals surface area contributed by atoms with E-state index in [9.17, 15) is 0 Å². The van der Waals surface area contributed by atoms with Gasteiger partial charge in [0.1, 0.15) is 11.2 Å². The van der Waals surface area contributed by atoms with E-state index in [1.165, 1.54) is 136 Å². The molecule has 8 aromatic rings. The van der Waals surface area contributed by atoms with Gasteiger partial charge in [-0.05, 0) is 176 Å². The molecule has 6 aromatic carbocycles. The second-order valence-electron chi connectivity index (χ2n) is 22.6. The number of aryl methyl sites for hydroxylation is 2. The molecule has 4 heterocycles. The molecule has 0 radical (unpaired) electrons. The van der Waals surface area contributed by atoms with Gasteiger partial charge in [0, 0.05) is 33.5 Å². The fourth-order valence-electron chi connectivity index (χ4n) is 12.6. The quantitative estimate of drug-likeness (QED) is 0.162. The summed E-state index contributed by atoms with van der Waals surface area (Å²) in [5.74, 6) is 0.404. The first-order valence-corrected chi connectivity index (χ1v) is 23.1. The van der Waals surface area contributed by atoms with Gasteiger partial charge in [0.15, 0.2) is 0 Å². The minimum absolute atomic E-state index is 0.0497. The van der Waals surface area contributed by atoms with Crippen LogP contribution in [0.25, 0.3) is 49.4 Å². The zero-order valence-corrected chi connectivity index (χ0v) is 38.4. The summed E-state index contributed by atoms with van der Waals surface area (Å²) in [4.78, 5) is 2.68. The highest BCUT2D eigenvalue weighted by molar-refractivity contribution is 7.00. The molecule has 2 aliphatic carbocycles. The van der Waals surface area contributed by atoms with E-state index < -0.39 is 0 Å². The van der Waals surface area contributed by atoms with Crippen LogP contribution < -0.4 is 21.3 Å². The third-order valence-corrected chi connectivity index (χ3v) is 16.4. The Morgan fingerprint density at radius 1 is 0.557 bits per heavy atom. The van der Waals surface area contributed by atoms with Crippen LogP contribution in [-0.4, -0.2) is 11.3 Å². The minimum atomic E-state index is 0.0497. The van der Waals surface area contributed by atoms with Gasteiger partial charge >= 0.3 is 0 Å². The van der Waals surface area contributed by atoms with E-state index in [1.807, 2.05) is 0 Å². The molecule has 61 heavy (non-hydrogen) atoms. The van der Waals surface area contributed by atoms with Crippen LogP contribution in [0.2, 0.25) is 0 Å². The largest absolute Gasteiger partial charge is 0.456 e. The van der Waals surface area contributed by atoms with Gasteiger partial charge in [0.25, 0.3) is 6.71 Å². The summed E-state index contributed by atoms with van der Waals surface area (Å²) < 4.78 is 9.54. The van der Waals surface area contributed by atoms with Crippen LogP contribution in [-0.2, 0) is 21.7 Å². The van der Waals surface area contributed by atoms with Crippen LogP contribution in [0.15, 0.2) is 89.3 Å². The van der Waals surface area contributed by atoms with Gasteiger partial charge in [0.2, 0.25) is 0 Å². The maximum atomic E-state index is 6.84. The molecule has 3 nitrogen and oxygen atoms in total. The maximum Gasteiger partial charge on any atom is 0.252 e. The van der Waals surface area contributed by atoms with E-state index in [0.717, 1.165) is 11.2 Å². The predicted molar refractivity (Wildman–Crippen MR) is 262 cm³/mol. The molecule has 0 spiro atoms. The van der Waals surface area contributed by atoms with Crippen LogP contribution >= 0.6 is 0 Å². The summed E-state index contributed by atoms with van der Waals surface area (Å²) in [5.41, 5.74) is 24.2. The van der Waals surface area contributed by atoms with Crippen molar-refractivity contribution in [2.24, 2.45) is 0 Å². The minimum Gasteiger partial charge on any atom is -0.456 e. The van der Waals surface area contributed by atoms with E-state index in [2.05, 4.69) is 177 Å². The van der Waals surface area contributed by atoms with Crippen molar-refractivity contribution in [3.63, 3.8) is 0 Å². The van der Waals surface area contributed by atoms with Crippen molar-refractivity contribution in [3.8, 4) is 5.69 Å². The number of hydrogen-bond acceptors (Lipinski definition) is 2. The number of furan rings is 1. The lowest BCUT2D eigenvalue weighted by Gasteiger charge is -2.45. The van der Waals surface area contributed by atoms with Crippen molar-refractivity contribution in [2.45, 2.75) is 136 Å². The summed E-state index contributed by atoms with van der Waals surface area (Å²) >= 11 is 0. The molecule has 12 rings (SSSR count). The number of hydrogen-bond donors (Lipinski definition) is 0. The Labute approximate surface area is 362 Å². The molecule has 0 fully saturated rings. The van der Waals surface area contributed by atoms with E-state index >= 15 is 0 Å². The molecule has 2 aliphatic heterocycles. The number of anilines is 3. The van der Waals surface area contributed by atoms with Crippen LogP contribution in [0.1, 0.15) is 140 Å². The zero-order chi connectivity index (χ0) is 42.4. The lowest BCUT2D eigenvalue weighted by atomic mass is 9.33. The van der Waals surface area contributed by atoms with Crippen LogP contribution in [0.4, 0.5) is 17.1 Å². The Kier molecular flexibility index (Phi) is 7.27. The van der Waals surface area contributed by atoms with Crippen molar-refractivity contribution in [2.75, 3.05) is 4.90 Å². The summed E-state index contributed by atoms with van der Waals surface area (Å²) in [6.45, 7) is 29.1. The Hall–Kier alpha value is -5.22. The summed E-state index contributed by atoms with van der Waals surface area (Å²) in [5, 5.41) is 5.06. The highest BCUT2D eigenvalue weighted by atomic mass is 16.3. The second-order valence-corrected chi connectivity index (χ2v) is 22.6. The molecule has 0 unspecified atom stereocenters. The number of rotatable bonds is 2. The highest BCUT2D eigenvalue weighted by Gasteiger charge is 2.45. The monoisotopic (exact) mass is 798 g/mol. The number of benzene rings is 6. The van der Waals surface area contributed by atoms with Gasteiger partial charge in [-0.15, -0.1) is 0 Å². The molecule has 0 saturated carbocycles. The Balaban J connectivity index is 1.28. The number of fused-ring (bicyclic) bond motifs is 9. The molecule has 0 amide bonds. The van der Waals surface area contributed by atoms with Crippen LogP contribution in [0.5, 0.6) is 0 Å². The van der Waals surface area contributed by atoms with E-state index in [-0.39, 0.29) is 28.4 Å². The van der Waals surface area contributed by atoms with Gasteiger partial charge in [-0.3, -0.25) is 0 Å². The van der Waals surface area contributed by atoms with Gasteiger partial charge in [-0.25, -0.2) is 0 Å². The second kappa shape index (κ2) is 11.8. The van der Waals surface area contributed by atoms with Gasteiger partial charge in [-0.1, -0.05) is 106 Å². The van der Waals surface area contributed by atoms with Crippen LogP contribution in [0, 0.1) is 13.8 Å². The van der Waals surface area contributed by atoms with Crippen molar-refractivity contribution >= 4 is 83.9 Å². The first-order chi connectivity index (χ1) is 28.9. The van der Waals surface area contributed by atoms with Crippen molar-refractivity contribution < 1.29 is 4.42 Å². The van der Waals surface area contributed by atoms with E-state index in [4.69, 9.17) is 4.42 Å². The SMILES string of the molecule is Cc1cc2c3c(c1)-n1c4cc5c(cc4c4cccc6oc7ccc(c1c7c64)B3c1ccc(C(C)C)cc1N2c1cc2c(cc1C)C(C)(C)CCC2(C)C)C(C)(C)CCC5(C)C. The molecular weight excluding hydrogens is 739 g/mol. The summed E-state index contributed by atoms with van der Waals surface area (Å²) in [7, 11) is 0. The Morgan fingerprint density at radius 3 is 1.85 bits per heavy atom. The Morgan fingerprint density at radius 2 is 1.16 bits per heavy atom. The molecule has 2 aromatic heterocycles. The lowest BCUT2D eigenvalue weighted by Crippen LogP contribution is -2.60. The lowest BCUT2D eigenvalue weighted by molar-refractivity contribution is 0.332. The van der Waals surface area contributed by atoms with Crippen molar-refractivity contribution in [1.29, 1.82) is 0 Å². The fraction of sp³-hybridized carbons (Fsp3) is 0.368. The average Bonchev–Trinajstić information content (AvgIpc) is 3.54. The van der Waals surface area contributed by atoms with Crippen molar-refractivity contribution in [3.05, 3.63) is 124 Å². The maximum absolute atomic E-state index is 6.84. The third kappa shape index (κ3) is 4.88. The van der Waals surface area contributed by atoms with Gasteiger partial charge in [-0.2, -0.15) is 0 Å². The Bertz CT molecular complexity index is 3270. The molecule has 306 valence electrons. The third-order valence-electron chi connectivity index (χ3n) is 16.4. The smallest absolute Gasteiger partial charge is 0.252 e. The predicted octanol–water partition coefficient (Wildman–Crippen LogP) is 13.7. The molecular formula is C57H59BN2O. The zero-order valence-electron chi connectivity index (χ0n) is 38.4. The number of aromatic nitrogens is 1. The number of nitrogens with zero attached hydrogens (tertiary/aromatic N) is 2. The van der Waals surface area contributed by atoms with Gasteiger partial charge in [0.05, 0.1) is 16.4 Å². The van der Waals surface area contributed by atoms with E-state index in [0.29, 0.717) is 5.92 Å². The van der Waals surface area contributed by atoms with Crippen LogP contribution in [0.3, 0.4) is 0 Å². The molecule has 4 aliphatic rings. The molecule has 0 saturated heterocycles. The molecule has 4 heteroatoms. The molecule has 0 bridgehead atoms.